The zero-order valence-corrected chi connectivity index (χ0v) is 10.1. The molecular formula is C10H21N3O3. The van der Waals surface area contributed by atoms with Crippen molar-refractivity contribution in [3.05, 3.63) is 0 Å². The van der Waals surface area contributed by atoms with Gasteiger partial charge in [0.05, 0.1) is 6.61 Å². The van der Waals surface area contributed by atoms with Crippen molar-refractivity contribution in [3.63, 3.8) is 0 Å². The minimum atomic E-state index is -0.716. The summed E-state index contributed by atoms with van der Waals surface area (Å²) < 4.78 is 0. The summed E-state index contributed by atoms with van der Waals surface area (Å²) in [6, 6.07) is -1.35. The van der Waals surface area contributed by atoms with Crippen molar-refractivity contribution < 1.29 is 14.7 Å². The van der Waals surface area contributed by atoms with Crippen molar-refractivity contribution in [3.8, 4) is 0 Å². The standard InChI is InChI=1S/C10H21N3O3/c1-4-13(5-6-14)9(15)8(7(2)3)12-10(11)16/h7-8,14H,4-6H2,1-3H3,(H3,11,12,16). The van der Waals surface area contributed by atoms with Gasteiger partial charge in [0.2, 0.25) is 5.91 Å². The first-order valence-electron chi connectivity index (χ1n) is 5.39. The van der Waals surface area contributed by atoms with Crippen molar-refractivity contribution in [2.45, 2.75) is 26.8 Å². The summed E-state index contributed by atoms with van der Waals surface area (Å²) in [6.07, 6.45) is 0. The van der Waals surface area contributed by atoms with Gasteiger partial charge in [-0.2, -0.15) is 0 Å². The van der Waals surface area contributed by atoms with Crippen molar-refractivity contribution in [1.29, 1.82) is 0 Å². The molecule has 0 spiro atoms. The van der Waals surface area contributed by atoms with Crippen molar-refractivity contribution in [2.75, 3.05) is 19.7 Å². The zero-order valence-electron chi connectivity index (χ0n) is 10.1. The SMILES string of the molecule is CCN(CCO)C(=O)C(NC(N)=O)C(C)C. The number of urea groups is 1. The number of rotatable bonds is 6. The Morgan fingerprint density at radius 1 is 1.44 bits per heavy atom. The Morgan fingerprint density at radius 3 is 2.31 bits per heavy atom. The van der Waals surface area contributed by atoms with E-state index in [0.29, 0.717) is 6.54 Å². The van der Waals surface area contributed by atoms with Gasteiger partial charge in [0.15, 0.2) is 0 Å². The number of hydrogen-bond donors (Lipinski definition) is 3. The molecule has 0 aromatic heterocycles. The molecule has 6 heteroatoms. The van der Waals surface area contributed by atoms with Crippen LogP contribution in [0.25, 0.3) is 0 Å². The van der Waals surface area contributed by atoms with E-state index >= 15 is 0 Å². The fraction of sp³-hybridized carbons (Fsp3) is 0.800. The van der Waals surface area contributed by atoms with Crippen LogP contribution >= 0.6 is 0 Å². The second-order valence-corrected chi connectivity index (χ2v) is 3.87. The maximum absolute atomic E-state index is 12.0. The molecule has 0 radical (unpaired) electrons. The van der Waals surface area contributed by atoms with E-state index in [1.165, 1.54) is 4.90 Å². The van der Waals surface area contributed by atoms with E-state index < -0.39 is 12.1 Å². The number of nitrogens with zero attached hydrogens (tertiary/aromatic N) is 1. The molecule has 0 bridgehead atoms. The molecule has 0 fully saturated rings. The highest BCUT2D eigenvalue weighted by molar-refractivity contribution is 5.86. The summed E-state index contributed by atoms with van der Waals surface area (Å²) in [5, 5.41) is 11.2. The predicted octanol–water partition coefficient (Wildman–Crippen LogP) is -0.480. The molecule has 0 heterocycles. The minimum Gasteiger partial charge on any atom is -0.395 e. The fourth-order valence-electron chi connectivity index (χ4n) is 1.41. The lowest BCUT2D eigenvalue weighted by Crippen LogP contribution is -2.53. The van der Waals surface area contributed by atoms with Crippen LogP contribution < -0.4 is 11.1 Å². The van der Waals surface area contributed by atoms with Gasteiger partial charge in [-0.1, -0.05) is 13.8 Å². The third kappa shape index (κ3) is 4.48. The maximum atomic E-state index is 12.0. The number of amides is 3. The molecule has 1 unspecified atom stereocenters. The van der Waals surface area contributed by atoms with Gasteiger partial charge in [0, 0.05) is 13.1 Å². The molecule has 0 aliphatic heterocycles. The maximum Gasteiger partial charge on any atom is 0.312 e. The summed E-state index contributed by atoms with van der Waals surface area (Å²) >= 11 is 0. The molecule has 0 aromatic rings. The average Bonchev–Trinajstić information content (AvgIpc) is 2.21. The molecule has 0 aliphatic carbocycles. The van der Waals surface area contributed by atoms with Crippen LogP contribution in [0.4, 0.5) is 4.79 Å². The number of aliphatic hydroxyl groups is 1. The van der Waals surface area contributed by atoms with Crippen LogP contribution in [0.5, 0.6) is 0 Å². The Bertz CT molecular complexity index is 243. The second-order valence-electron chi connectivity index (χ2n) is 3.87. The molecule has 6 nitrogen and oxygen atoms in total. The van der Waals surface area contributed by atoms with Gasteiger partial charge < -0.3 is 21.1 Å². The molecule has 1 atom stereocenters. The number of nitrogens with two attached hydrogens (primary N) is 1. The first-order chi connectivity index (χ1) is 7.43. The molecule has 0 aromatic carbocycles. The molecule has 0 saturated heterocycles. The number of carbonyl (C=O) groups is 2. The van der Waals surface area contributed by atoms with Gasteiger partial charge in [-0.05, 0) is 12.8 Å². The predicted molar refractivity (Wildman–Crippen MR) is 60.7 cm³/mol. The van der Waals surface area contributed by atoms with Crippen LogP contribution in [0.3, 0.4) is 0 Å². The highest BCUT2D eigenvalue weighted by atomic mass is 16.3. The van der Waals surface area contributed by atoms with Gasteiger partial charge in [-0.25, -0.2) is 4.79 Å². The Balaban J connectivity index is 4.63. The number of likely N-dealkylation sites (N-methyl/N-ethyl adjacent to an activating group) is 1. The van der Waals surface area contributed by atoms with E-state index in [4.69, 9.17) is 10.8 Å². The average molecular weight is 231 g/mol. The molecule has 0 rings (SSSR count). The minimum absolute atomic E-state index is 0.0484. The Morgan fingerprint density at radius 2 is 2.00 bits per heavy atom. The molecular weight excluding hydrogens is 210 g/mol. The largest absolute Gasteiger partial charge is 0.395 e. The molecule has 16 heavy (non-hydrogen) atoms. The summed E-state index contributed by atoms with van der Waals surface area (Å²) in [6.45, 7) is 6.12. The monoisotopic (exact) mass is 231 g/mol. The van der Waals surface area contributed by atoms with Gasteiger partial charge >= 0.3 is 6.03 Å². The summed E-state index contributed by atoms with van der Waals surface area (Å²) in [4.78, 5) is 24.3. The quantitative estimate of drug-likeness (QED) is 0.576. The third-order valence-corrected chi connectivity index (χ3v) is 2.29. The number of hydrogen-bond acceptors (Lipinski definition) is 3. The normalized spacial score (nSPS) is 12.3. The Labute approximate surface area is 95.8 Å². The van der Waals surface area contributed by atoms with Gasteiger partial charge in [0.25, 0.3) is 0 Å². The van der Waals surface area contributed by atoms with Crippen LogP contribution in [-0.4, -0.2) is 47.7 Å². The Hall–Kier alpha value is -1.30. The molecule has 94 valence electrons. The summed E-state index contributed by atoms with van der Waals surface area (Å²) in [7, 11) is 0. The van der Waals surface area contributed by atoms with E-state index in [9.17, 15) is 9.59 Å². The van der Waals surface area contributed by atoms with Crippen LogP contribution in [-0.2, 0) is 4.79 Å². The highest BCUT2D eigenvalue weighted by Gasteiger charge is 2.26. The van der Waals surface area contributed by atoms with E-state index in [1.54, 1.807) is 0 Å². The molecule has 0 saturated carbocycles. The van der Waals surface area contributed by atoms with E-state index in [1.807, 2.05) is 20.8 Å². The topological polar surface area (TPSA) is 95.7 Å². The van der Waals surface area contributed by atoms with Crippen molar-refractivity contribution >= 4 is 11.9 Å². The summed E-state index contributed by atoms with van der Waals surface area (Å²) in [5.74, 6) is -0.266. The van der Waals surface area contributed by atoms with Crippen LogP contribution in [0.2, 0.25) is 0 Å². The number of aliphatic hydroxyl groups excluding tert-OH is 1. The number of nitrogens with one attached hydrogen (secondary N) is 1. The van der Waals surface area contributed by atoms with Crippen molar-refractivity contribution in [2.24, 2.45) is 11.7 Å². The third-order valence-electron chi connectivity index (χ3n) is 2.29. The van der Waals surface area contributed by atoms with Crippen molar-refractivity contribution in [1.82, 2.24) is 10.2 Å². The Kier molecular flexibility index (Phi) is 6.48. The van der Waals surface area contributed by atoms with Crippen LogP contribution in [0, 0.1) is 5.92 Å². The smallest absolute Gasteiger partial charge is 0.312 e. The molecule has 4 N–H and O–H groups in total. The first kappa shape index (κ1) is 14.7. The highest BCUT2D eigenvalue weighted by Crippen LogP contribution is 2.06. The number of carbonyl (C=O) groups excluding carboxylic acids is 2. The van der Waals surface area contributed by atoms with E-state index in [2.05, 4.69) is 5.32 Å². The lowest BCUT2D eigenvalue weighted by Gasteiger charge is -2.28. The first-order valence-corrected chi connectivity index (χ1v) is 5.39. The lowest BCUT2D eigenvalue weighted by molar-refractivity contribution is -0.134. The van der Waals surface area contributed by atoms with Crippen LogP contribution in [0.15, 0.2) is 0 Å². The molecule has 0 aliphatic rings. The van der Waals surface area contributed by atoms with E-state index in [-0.39, 0.29) is 25.0 Å². The fourth-order valence-corrected chi connectivity index (χ4v) is 1.41. The zero-order chi connectivity index (χ0) is 12.7. The summed E-state index contributed by atoms with van der Waals surface area (Å²) in [5.41, 5.74) is 5.01. The molecule has 3 amide bonds. The van der Waals surface area contributed by atoms with E-state index in [0.717, 1.165) is 0 Å². The van der Waals surface area contributed by atoms with Gasteiger partial charge in [0.1, 0.15) is 6.04 Å². The number of primary amides is 1. The van der Waals surface area contributed by atoms with Gasteiger partial charge in [-0.3, -0.25) is 4.79 Å². The lowest BCUT2D eigenvalue weighted by atomic mass is 10.0. The van der Waals surface area contributed by atoms with Crippen LogP contribution in [0.1, 0.15) is 20.8 Å². The second kappa shape index (κ2) is 7.05. The van der Waals surface area contributed by atoms with Gasteiger partial charge in [-0.15, -0.1) is 0 Å².